The van der Waals surface area contributed by atoms with Crippen LogP contribution < -0.4 is 17.0 Å². The fraction of sp³-hybridized carbons (Fsp3) is 0.500. The van der Waals surface area contributed by atoms with E-state index in [1.165, 1.54) is 0 Å². The fourth-order valence-electron chi connectivity index (χ4n) is 1.16. The molecule has 0 aliphatic heterocycles. The van der Waals surface area contributed by atoms with Crippen molar-refractivity contribution in [2.45, 2.75) is 25.7 Å². The average Bonchev–Trinajstić information content (AvgIpc) is 1.96. The highest BCUT2D eigenvalue weighted by Crippen LogP contribution is 2.11. The summed E-state index contributed by atoms with van der Waals surface area (Å²) in [4.78, 5) is 0. The van der Waals surface area contributed by atoms with Crippen molar-refractivity contribution in [3.63, 3.8) is 0 Å². The molecule has 1 aliphatic rings. The van der Waals surface area contributed by atoms with Gasteiger partial charge in [-0.1, -0.05) is 12.2 Å². The zero-order valence-corrected chi connectivity index (χ0v) is 6.64. The minimum atomic E-state index is 0.950. The van der Waals surface area contributed by atoms with Crippen molar-refractivity contribution in [2.24, 2.45) is 11.6 Å². The molecule has 0 bridgehead atoms. The smallest absolute Gasteiger partial charge is 0.0222 e. The van der Waals surface area contributed by atoms with Crippen molar-refractivity contribution in [3.05, 3.63) is 23.5 Å². The number of nitrogens with two attached hydrogens (primary N) is 2. The van der Waals surface area contributed by atoms with Gasteiger partial charge >= 0.3 is 0 Å². The zero-order valence-electron chi connectivity index (χ0n) is 6.64. The molecule has 5 N–H and O–H groups in total. The molecule has 0 aromatic heterocycles. The van der Waals surface area contributed by atoms with Crippen LogP contribution in [0.15, 0.2) is 23.5 Å². The van der Waals surface area contributed by atoms with Gasteiger partial charge in [-0.2, -0.15) is 0 Å². The molecule has 62 valence electrons. The van der Waals surface area contributed by atoms with E-state index in [2.05, 4.69) is 17.6 Å². The summed E-state index contributed by atoms with van der Waals surface area (Å²) in [6.07, 6.45) is 8.08. The standard InChI is InChI=1S/C8H15N3/c9-7-3-1-5-8(11-10)6-2-4-7/h3,6,11H,1-2,4-5,9-10H2/b7-3-,8-6+. The molecule has 0 radical (unpaired) electrons. The monoisotopic (exact) mass is 153 g/mol. The van der Waals surface area contributed by atoms with Crippen LogP contribution in [-0.2, 0) is 0 Å². The van der Waals surface area contributed by atoms with E-state index < -0.39 is 0 Å². The fourth-order valence-corrected chi connectivity index (χ4v) is 1.16. The largest absolute Gasteiger partial charge is 0.402 e. The van der Waals surface area contributed by atoms with E-state index >= 15 is 0 Å². The molecule has 0 amide bonds. The molecule has 1 aliphatic carbocycles. The third-order valence-corrected chi connectivity index (χ3v) is 1.83. The minimum absolute atomic E-state index is 0.950. The Labute approximate surface area is 67.1 Å². The summed E-state index contributed by atoms with van der Waals surface area (Å²) in [7, 11) is 0. The second-order valence-electron chi connectivity index (χ2n) is 2.73. The quantitative estimate of drug-likeness (QED) is 0.385. The summed E-state index contributed by atoms with van der Waals surface area (Å²) in [5.74, 6) is 5.29. The van der Waals surface area contributed by atoms with Crippen LogP contribution in [0.4, 0.5) is 0 Å². The van der Waals surface area contributed by atoms with E-state index in [1.54, 1.807) is 0 Å². The van der Waals surface area contributed by atoms with E-state index in [4.69, 9.17) is 11.6 Å². The predicted molar refractivity (Wildman–Crippen MR) is 46.1 cm³/mol. The lowest BCUT2D eigenvalue weighted by Crippen LogP contribution is -2.21. The zero-order chi connectivity index (χ0) is 8.10. The normalized spacial score (nSPS) is 28.8. The van der Waals surface area contributed by atoms with Crippen LogP contribution in [-0.4, -0.2) is 0 Å². The van der Waals surface area contributed by atoms with Gasteiger partial charge in [-0.15, -0.1) is 0 Å². The van der Waals surface area contributed by atoms with Gasteiger partial charge in [0.1, 0.15) is 0 Å². The van der Waals surface area contributed by atoms with Gasteiger partial charge in [0.25, 0.3) is 0 Å². The van der Waals surface area contributed by atoms with Crippen molar-refractivity contribution in [1.29, 1.82) is 0 Å². The maximum Gasteiger partial charge on any atom is 0.0222 e. The van der Waals surface area contributed by atoms with Gasteiger partial charge in [-0.25, -0.2) is 0 Å². The Balaban J connectivity index is 2.48. The first-order valence-corrected chi connectivity index (χ1v) is 3.93. The first kappa shape index (κ1) is 8.14. The summed E-state index contributed by atoms with van der Waals surface area (Å²) in [6.45, 7) is 0. The Morgan fingerprint density at radius 2 is 1.91 bits per heavy atom. The van der Waals surface area contributed by atoms with Crippen LogP contribution in [0.1, 0.15) is 25.7 Å². The van der Waals surface area contributed by atoms with Crippen LogP contribution in [0.3, 0.4) is 0 Å². The number of hydrogen-bond acceptors (Lipinski definition) is 3. The van der Waals surface area contributed by atoms with Crippen LogP contribution in [0, 0.1) is 0 Å². The first-order valence-electron chi connectivity index (χ1n) is 3.93. The van der Waals surface area contributed by atoms with Gasteiger partial charge in [-0.05, 0) is 25.7 Å². The molecule has 0 aromatic carbocycles. The molecule has 0 saturated carbocycles. The molecule has 0 fully saturated rings. The van der Waals surface area contributed by atoms with E-state index in [0.29, 0.717) is 0 Å². The average molecular weight is 153 g/mol. The minimum Gasteiger partial charge on any atom is -0.402 e. The van der Waals surface area contributed by atoms with Crippen LogP contribution in [0.2, 0.25) is 0 Å². The molecule has 11 heavy (non-hydrogen) atoms. The van der Waals surface area contributed by atoms with Gasteiger partial charge in [0.05, 0.1) is 0 Å². The third kappa shape index (κ3) is 2.63. The Hall–Kier alpha value is -0.960. The third-order valence-electron chi connectivity index (χ3n) is 1.83. The SMILES string of the molecule is NN/C1=C/CC/C(N)=C/CC1. The predicted octanol–water partition coefficient (Wildman–Crippen LogP) is 0.750. The number of nitrogens with one attached hydrogen (secondary N) is 1. The van der Waals surface area contributed by atoms with Crippen molar-refractivity contribution < 1.29 is 0 Å². The number of rotatable bonds is 1. The summed E-state index contributed by atoms with van der Waals surface area (Å²) in [5, 5.41) is 0. The summed E-state index contributed by atoms with van der Waals surface area (Å²) < 4.78 is 0. The Kier molecular flexibility index (Phi) is 2.98. The lowest BCUT2D eigenvalue weighted by Gasteiger charge is -2.08. The molecule has 3 heteroatoms. The van der Waals surface area contributed by atoms with Crippen LogP contribution >= 0.6 is 0 Å². The van der Waals surface area contributed by atoms with Gasteiger partial charge in [0.15, 0.2) is 0 Å². The van der Waals surface area contributed by atoms with Crippen molar-refractivity contribution in [2.75, 3.05) is 0 Å². The van der Waals surface area contributed by atoms with Crippen molar-refractivity contribution in [1.82, 2.24) is 5.43 Å². The highest BCUT2D eigenvalue weighted by Gasteiger charge is 1.98. The van der Waals surface area contributed by atoms with Crippen LogP contribution in [0.5, 0.6) is 0 Å². The molecular weight excluding hydrogens is 138 g/mol. The van der Waals surface area contributed by atoms with Crippen LogP contribution in [0.25, 0.3) is 0 Å². The first-order chi connectivity index (χ1) is 5.33. The summed E-state index contributed by atoms with van der Waals surface area (Å²) in [6, 6.07) is 0. The topological polar surface area (TPSA) is 64.1 Å². The van der Waals surface area contributed by atoms with E-state index in [1.807, 2.05) is 0 Å². The second kappa shape index (κ2) is 4.03. The summed E-state index contributed by atoms with van der Waals surface area (Å²) >= 11 is 0. The number of hydrogen-bond donors (Lipinski definition) is 3. The van der Waals surface area contributed by atoms with E-state index in [0.717, 1.165) is 37.1 Å². The number of hydrazine groups is 1. The summed E-state index contributed by atoms with van der Waals surface area (Å²) in [5.41, 5.74) is 10.5. The molecule has 0 aromatic rings. The number of allylic oxidation sites excluding steroid dienone is 4. The molecule has 1 rings (SSSR count). The van der Waals surface area contributed by atoms with E-state index in [9.17, 15) is 0 Å². The lowest BCUT2D eigenvalue weighted by atomic mass is 10.1. The molecule has 0 spiro atoms. The molecular formula is C8H15N3. The highest BCUT2D eigenvalue weighted by atomic mass is 15.2. The highest BCUT2D eigenvalue weighted by molar-refractivity contribution is 5.07. The molecule has 3 nitrogen and oxygen atoms in total. The van der Waals surface area contributed by atoms with Gasteiger partial charge in [0, 0.05) is 11.4 Å². The molecule has 0 saturated heterocycles. The molecule has 0 atom stereocenters. The Morgan fingerprint density at radius 3 is 2.64 bits per heavy atom. The van der Waals surface area contributed by atoms with Gasteiger partial charge in [-0.3, -0.25) is 5.84 Å². The molecule has 0 heterocycles. The van der Waals surface area contributed by atoms with Gasteiger partial charge in [0.2, 0.25) is 0 Å². The lowest BCUT2D eigenvalue weighted by molar-refractivity contribution is 0.762. The Bertz CT molecular complexity index is 182. The van der Waals surface area contributed by atoms with Gasteiger partial charge < -0.3 is 11.2 Å². The Morgan fingerprint density at radius 1 is 1.18 bits per heavy atom. The maximum atomic E-state index is 5.67. The van der Waals surface area contributed by atoms with Crippen molar-refractivity contribution >= 4 is 0 Å². The molecule has 0 unspecified atom stereocenters. The second-order valence-corrected chi connectivity index (χ2v) is 2.73. The van der Waals surface area contributed by atoms with Crippen molar-refractivity contribution in [3.8, 4) is 0 Å². The van der Waals surface area contributed by atoms with E-state index in [-0.39, 0.29) is 0 Å². The maximum absolute atomic E-state index is 5.67.